The van der Waals surface area contributed by atoms with Crippen molar-refractivity contribution < 1.29 is 18.3 Å². The maximum Gasteiger partial charge on any atom is 0.318 e. The summed E-state index contributed by atoms with van der Waals surface area (Å²) in [6, 6.07) is 1.40. The van der Waals surface area contributed by atoms with Crippen molar-refractivity contribution >= 4 is 17.8 Å². The summed E-state index contributed by atoms with van der Waals surface area (Å²) in [6.07, 6.45) is 7.43. The molecule has 0 unspecified atom stereocenters. The van der Waals surface area contributed by atoms with Crippen molar-refractivity contribution in [3.05, 3.63) is 47.9 Å². The molecular formula is C20H21F2N5O2. The number of carbonyl (C=O) groups excluding carboxylic acids is 1. The molecule has 2 aromatic rings. The Labute approximate surface area is 166 Å². The number of hydrogen-bond acceptors (Lipinski definition) is 6. The van der Waals surface area contributed by atoms with E-state index >= 15 is 0 Å². The number of pyridine rings is 1. The molecule has 152 valence electrons. The lowest BCUT2D eigenvalue weighted by molar-refractivity contribution is -0.116. The maximum atomic E-state index is 14.0. The van der Waals surface area contributed by atoms with E-state index in [0.29, 0.717) is 24.3 Å². The van der Waals surface area contributed by atoms with Crippen molar-refractivity contribution in [2.75, 3.05) is 31.6 Å². The summed E-state index contributed by atoms with van der Waals surface area (Å²) in [5, 5.41) is 2.82. The van der Waals surface area contributed by atoms with Crippen LogP contribution in [-0.2, 0) is 4.79 Å². The minimum atomic E-state index is -0.451. The number of rotatable bonds is 7. The Hall–Kier alpha value is -3.10. The van der Waals surface area contributed by atoms with Crippen LogP contribution in [0, 0.1) is 29.4 Å². The average Bonchev–Trinajstić information content (AvgIpc) is 3.17. The predicted octanol–water partition coefficient (Wildman–Crippen LogP) is 2.06. The van der Waals surface area contributed by atoms with E-state index in [4.69, 9.17) is 4.74 Å². The van der Waals surface area contributed by atoms with Crippen LogP contribution in [0.5, 0.6) is 6.01 Å². The van der Waals surface area contributed by atoms with Crippen LogP contribution in [0.1, 0.15) is 12.0 Å². The van der Waals surface area contributed by atoms with Gasteiger partial charge in [-0.3, -0.25) is 9.78 Å². The summed E-state index contributed by atoms with van der Waals surface area (Å²) in [7, 11) is 1.45. The molecule has 3 heterocycles. The van der Waals surface area contributed by atoms with Crippen LogP contribution in [0.25, 0.3) is 6.08 Å². The van der Waals surface area contributed by atoms with Gasteiger partial charge in [-0.05, 0) is 36.3 Å². The van der Waals surface area contributed by atoms with E-state index in [1.54, 1.807) is 0 Å². The van der Waals surface area contributed by atoms with E-state index in [1.807, 2.05) is 4.90 Å². The van der Waals surface area contributed by atoms with Gasteiger partial charge < -0.3 is 15.0 Å². The minimum absolute atomic E-state index is 0.153. The Morgan fingerprint density at radius 2 is 2.10 bits per heavy atom. The van der Waals surface area contributed by atoms with Gasteiger partial charge in [-0.2, -0.15) is 4.98 Å². The standard InChI is InChI=1S/C20H21F2N5O2/c1-29-20-25-9-17(22)19(26-20)27-10-14-13(15(14)11-27)4-7-24-18(28)3-2-12-8-23-6-5-16(12)21/h2-3,5-6,8-9,13-15H,4,7,10-11H2,1H3,(H,24,28)/b3-2+/t13-,14-,15+. The molecule has 1 aliphatic heterocycles. The quantitative estimate of drug-likeness (QED) is 0.716. The summed E-state index contributed by atoms with van der Waals surface area (Å²) in [5.41, 5.74) is 0.271. The Bertz CT molecular complexity index is 927. The summed E-state index contributed by atoms with van der Waals surface area (Å²) < 4.78 is 32.5. The molecule has 2 aliphatic rings. The molecule has 0 radical (unpaired) electrons. The zero-order chi connectivity index (χ0) is 20.4. The van der Waals surface area contributed by atoms with Gasteiger partial charge in [-0.1, -0.05) is 0 Å². The number of hydrogen-bond donors (Lipinski definition) is 1. The first-order valence-electron chi connectivity index (χ1n) is 9.43. The van der Waals surface area contributed by atoms with E-state index in [9.17, 15) is 13.6 Å². The lowest BCUT2D eigenvalue weighted by atomic mass is 10.2. The Balaban J connectivity index is 1.21. The molecular weight excluding hydrogens is 380 g/mol. The molecule has 9 heteroatoms. The first-order chi connectivity index (χ1) is 14.1. The monoisotopic (exact) mass is 401 g/mol. The van der Waals surface area contributed by atoms with E-state index < -0.39 is 11.6 Å². The lowest BCUT2D eigenvalue weighted by Gasteiger charge is -2.21. The number of nitrogens with one attached hydrogen (secondary N) is 1. The molecule has 3 atom stereocenters. The second-order valence-corrected chi connectivity index (χ2v) is 7.24. The van der Waals surface area contributed by atoms with Gasteiger partial charge >= 0.3 is 6.01 Å². The molecule has 0 spiro atoms. The van der Waals surface area contributed by atoms with Gasteiger partial charge in [0.1, 0.15) is 5.82 Å². The first-order valence-corrected chi connectivity index (χ1v) is 9.43. The van der Waals surface area contributed by atoms with Crippen LogP contribution in [0.2, 0.25) is 0 Å². The van der Waals surface area contributed by atoms with Crippen LogP contribution in [0.4, 0.5) is 14.6 Å². The van der Waals surface area contributed by atoms with Gasteiger partial charge in [0, 0.05) is 43.7 Å². The van der Waals surface area contributed by atoms with E-state index in [-0.39, 0.29) is 23.3 Å². The van der Waals surface area contributed by atoms with Crippen LogP contribution in [-0.4, -0.2) is 47.6 Å². The molecule has 4 rings (SSSR count). The number of aromatic nitrogens is 3. The number of halogens is 2. The molecule has 1 N–H and O–H groups in total. The fourth-order valence-corrected chi connectivity index (χ4v) is 4.01. The highest BCUT2D eigenvalue weighted by atomic mass is 19.1. The number of amides is 1. The van der Waals surface area contributed by atoms with Gasteiger partial charge in [-0.25, -0.2) is 13.8 Å². The largest absolute Gasteiger partial charge is 0.467 e. The highest BCUT2D eigenvalue weighted by molar-refractivity contribution is 5.91. The molecule has 2 fully saturated rings. The smallest absolute Gasteiger partial charge is 0.318 e. The highest BCUT2D eigenvalue weighted by Gasteiger charge is 2.55. The third-order valence-electron chi connectivity index (χ3n) is 5.54. The predicted molar refractivity (Wildman–Crippen MR) is 102 cm³/mol. The van der Waals surface area contributed by atoms with Crippen molar-refractivity contribution in [3.63, 3.8) is 0 Å². The van der Waals surface area contributed by atoms with Crippen molar-refractivity contribution in [1.29, 1.82) is 0 Å². The Morgan fingerprint density at radius 3 is 2.83 bits per heavy atom. The highest BCUT2D eigenvalue weighted by Crippen LogP contribution is 2.54. The second kappa shape index (κ2) is 8.10. The third kappa shape index (κ3) is 4.18. The van der Waals surface area contributed by atoms with Gasteiger partial charge in [0.25, 0.3) is 0 Å². The molecule has 0 aromatic carbocycles. The summed E-state index contributed by atoms with van der Waals surface area (Å²) in [6.45, 7) is 2.02. The normalized spacial score (nSPS) is 22.6. The molecule has 1 amide bonds. The molecule has 2 aromatic heterocycles. The topological polar surface area (TPSA) is 80.2 Å². The number of ether oxygens (including phenoxy) is 1. The number of fused-ring (bicyclic) bond motifs is 1. The average molecular weight is 401 g/mol. The maximum absolute atomic E-state index is 14.0. The number of piperidine rings is 1. The van der Waals surface area contributed by atoms with Crippen LogP contribution >= 0.6 is 0 Å². The molecule has 0 bridgehead atoms. The number of carbonyl (C=O) groups is 1. The van der Waals surface area contributed by atoms with Crippen LogP contribution in [0.15, 0.2) is 30.7 Å². The summed E-state index contributed by atoms with van der Waals surface area (Å²) in [4.78, 5) is 25.5. The van der Waals surface area contributed by atoms with E-state index in [2.05, 4.69) is 20.3 Å². The van der Waals surface area contributed by atoms with Crippen molar-refractivity contribution in [2.45, 2.75) is 6.42 Å². The van der Waals surface area contributed by atoms with E-state index in [0.717, 1.165) is 25.7 Å². The van der Waals surface area contributed by atoms with Gasteiger partial charge in [0.15, 0.2) is 11.6 Å². The van der Waals surface area contributed by atoms with Crippen LogP contribution < -0.4 is 15.0 Å². The Kier molecular flexibility index (Phi) is 5.37. The molecule has 1 saturated carbocycles. The molecule has 7 nitrogen and oxygen atoms in total. The zero-order valence-corrected chi connectivity index (χ0v) is 15.9. The van der Waals surface area contributed by atoms with Gasteiger partial charge in [0.05, 0.1) is 13.3 Å². The molecule has 29 heavy (non-hydrogen) atoms. The fraction of sp³-hybridized carbons (Fsp3) is 0.400. The fourth-order valence-electron chi connectivity index (χ4n) is 4.01. The second-order valence-electron chi connectivity index (χ2n) is 7.24. The van der Waals surface area contributed by atoms with Crippen molar-refractivity contribution in [1.82, 2.24) is 20.3 Å². The van der Waals surface area contributed by atoms with Crippen molar-refractivity contribution in [2.24, 2.45) is 17.8 Å². The summed E-state index contributed by atoms with van der Waals surface area (Å²) in [5.74, 6) is 0.613. The van der Waals surface area contributed by atoms with Gasteiger partial charge in [0.2, 0.25) is 5.91 Å². The molecule has 1 saturated heterocycles. The minimum Gasteiger partial charge on any atom is -0.467 e. The van der Waals surface area contributed by atoms with Crippen LogP contribution in [0.3, 0.4) is 0 Å². The summed E-state index contributed by atoms with van der Waals surface area (Å²) >= 11 is 0. The SMILES string of the molecule is COc1ncc(F)c(N2C[C@@H]3[C@@H](CCNC(=O)/C=C/c4cnccc4F)[C@@H]3C2)n1. The van der Waals surface area contributed by atoms with Gasteiger partial charge in [-0.15, -0.1) is 0 Å². The lowest BCUT2D eigenvalue weighted by Crippen LogP contribution is -2.28. The van der Waals surface area contributed by atoms with E-state index in [1.165, 1.54) is 37.7 Å². The number of methoxy groups -OCH3 is 1. The third-order valence-corrected chi connectivity index (χ3v) is 5.54. The number of anilines is 1. The Morgan fingerprint density at radius 1 is 1.31 bits per heavy atom. The zero-order valence-electron chi connectivity index (χ0n) is 15.9. The first kappa shape index (κ1) is 19.2. The number of nitrogens with zero attached hydrogens (tertiary/aromatic N) is 4. The molecule has 1 aliphatic carbocycles. The van der Waals surface area contributed by atoms with Crippen molar-refractivity contribution in [3.8, 4) is 6.01 Å².